The number of cyclic esters (lactones) is 1. The molecule has 0 fully saturated rings. The third-order valence-electron chi connectivity index (χ3n) is 7.29. The van der Waals surface area contributed by atoms with E-state index >= 15 is 0 Å². The van der Waals surface area contributed by atoms with Gasteiger partial charge in [0, 0.05) is 10.9 Å². The molecule has 11 heteroatoms. The summed E-state index contributed by atoms with van der Waals surface area (Å²) in [5.74, 6) is -0.217. The number of fused-ring (bicyclic) bond motifs is 5. The number of benzene rings is 1. The number of hydrogen-bond donors (Lipinski definition) is 1. The molecule has 2 aromatic heterocycles. The summed E-state index contributed by atoms with van der Waals surface area (Å²) in [5.41, 5.74) is 2.69. The Labute approximate surface area is 232 Å². The summed E-state index contributed by atoms with van der Waals surface area (Å²) in [6.07, 6.45) is -0.0642. The number of nitrogens with zero attached hydrogens (tertiary/aromatic N) is 2. The molecule has 2 aliphatic heterocycles. The molecule has 40 heavy (non-hydrogen) atoms. The number of aryl methyl sites for hydroxylation is 1. The van der Waals surface area contributed by atoms with Crippen LogP contribution in [0.3, 0.4) is 0 Å². The lowest BCUT2D eigenvalue weighted by molar-refractivity contribution is -0.149. The smallest absolute Gasteiger partial charge is 0.460 e. The maximum Gasteiger partial charge on any atom is 0.530 e. The Bertz CT molecular complexity index is 1600. The number of aliphatic hydroxyl groups is 1. The molecular weight excluding hydrogens is 535 g/mol. The van der Waals surface area contributed by atoms with Crippen molar-refractivity contribution < 1.29 is 32.8 Å². The Morgan fingerprint density at radius 1 is 1.10 bits per heavy atom. The van der Waals surface area contributed by atoms with Gasteiger partial charge < -0.3 is 18.9 Å². The Hall–Kier alpha value is -3.04. The predicted molar refractivity (Wildman–Crippen MR) is 149 cm³/mol. The maximum absolute atomic E-state index is 13.7. The van der Waals surface area contributed by atoms with E-state index in [-0.39, 0.29) is 49.3 Å². The second kappa shape index (κ2) is 10.4. The first kappa shape index (κ1) is 28.5. The van der Waals surface area contributed by atoms with Crippen molar-refractivity contribution in [1.82, 2.24) is 9.55 Å². The van der Waals surface area contributed by atoms with Crippen molar-refractivity contribution in [2.24, 2.45) is 0 Å². The highest BCUT2D eigenvalue weighted by atomic mass is 31.2. The minimum Gasteiger partial charge on any atom is -0.460 e. The summed E-state index contributed by atoms with van der Waals surface area (Å²) in [7, 11) is -3.89. The molecule has 1 N–H and O–H groups in total. The highest BCUT2D eigenvalue weighted by Gasteiger charge is 2.40. The van der Waals surface area contributed by atoms with Gasteiger partial charge in [-0.25, -0.2) is 9.55 Å². The first-order valence-corrected chi connectivity index (χ1v) is 15.1. The third-order valence-corrected chi connectivity index (χ3v) is 9.08. The van der Waals surface area contributed by atoms with E-state index < -0.39 is 19.4 Å². The van der Waals surface area contributed by atoms with Crippen LogP contribution in [0.15, 0.2) is 29.1 Å². The zero-order valence-corrected chi connectivity index (χ0v) is 24.5. The molecule has 0 amide bonds. The van der Waals surface area contributed by atoms with E-state index in [1.54, 1.807) is 63.5 Å². The molecule has 4 heterocycles. The molecule has 1 atom stereocenters. The van der Waals surface area contributed by atoms with Crippen molar-refractivity contribution in [1.29, 1.82) is 0 Å². The van der Waals surface area contributed by atoms with Crippen molar-refractivity contribution in [2.45, 2.75) is 91.8 Å². The topological polar surface area (TPSA) is 126 Å². The number of rotatable bonds is 8. The highest BCUT2D eigenvalue weighted by Crippen LogP contribution is 2.52. The second-order valence-corrected chi connectivity index (χ2v) is 12.3. The van der Waals surface area contributed by atoms with Gasteiger partial charge in [-0.15, -0.1) is 0 Å². The van der Waals surface area contributed by atoms with Crippen molar-refractivity contribution in [2.75, 3.05) is 0 Å². The lowest BCUT2D eigenvalue weighted by atomic mass is 9.85. The van der Waals surface area contributed by atoms with Gasteiger partial charge in [0.15, 0.2) is 0 Å². The van der Waals surface area contributed by atoms with Crippen LogP contribution >= 0.6 is 7.82 Å². The van der Waals surface area contributed by atoms with E-state index in [1.807, 2.05) is 6.92 Å². The van der Waals surface area contributed by atoms with Crippen molar-refractivity contribution in [3.05, 3.63) is 56.9 Å². The van der Waals surface area contributed by atoms with E-state index in [0.717, 1.165) is 16.5 Å². The number of aromatic nitrogens is 2. The molecular formula is C29H35N2O8P. The van der Waals surface area contributed by atoms with E-state index in [0.29, 0.717) is 34.6 Å². The van der Waals surface area contributed by atoms with Crippen LogP contribution in [-0.4, -0.2) is 32.8 Å². The monoisotopic (exact) mass is 570 g/mol. The number of pyridine rings is 2. The van der Waals surface area contributed by atoms with Crippen LogP contribution < -0.4 is 10.1 Å². The van der Waals surface area contributed by atoms with E-state index in [9.17, 15) is 19.3 Å². The van der Waals surface area contributed by atoms with Crippen LogP contribution in [0.5, 0.6) is 5.75 Å². The largest absolute Gasteiger partial charge is 0.530 e. The van der Waals surface area contributed by atoms with Crippen LogP contribution in [0.2, 0.25) is 0 Å². The number of carbonyl (C=O) groups is 1. The van der Waals surface area contributed by atoms with Crippen LogP contribution in [-0.2, 0) is 48.3 Å². The van der Waals surface area contributed by atoms with Crippen LogP contribution in [0, 0.1) is 0 Å². The molecule has 1 unspecified atom stereocenters. The lowest BCUT2D eigenvalue weighted by Gasteiger charge is -2.26. The summed E-state index contributed by atoms with van der Waals surface area (Å²) in [6.45, 7) is 10.9. The first-order chi connectivity index (χ1) is 18.9. The van der Waals surface area contributed by atoms with Gasteiger partial charge in [0.25, 0.3) is 5.56 Å². The van der Waals surface area contributed by atoms with Gasteiger partial charge in [-0.05, 0) is 75.9 Å². The van der Waals surface area contributed by atoms with Gasteiger partial charge in [-0.1, -0.05) is 13.8 Å². The molecule has 214 valence electrons. The number of ether oxygens (including phenoxy) is 1. The molecule has 0 spiro atoms. The standard InChI is InChI=1S/C29H35N2O8P/c1-7-19-20-11-18(39-40(35,37-16(3)4)38-17(5)6)9-10-24(20)30-27-21(19)14-31-25(27)12-23-22(28(31)33)15-36-26(32)13-29(23,34)8-2/h9-12,16-17,34H,7-8,13-15H2,1-6H3. The SMILES string of the molecule is CCc1c2c(nc3ccc(OP(=O)(OC(C)C)OC(C)C)cc13)-c1cc3c(c(=O)n1C2)COC(=O)CC3(O)CC. The number of phosphoric ester groups is 1. The van der Waals surface area contributed by atoms with Gasteiger partial charge in [0.1, 0.15) is 18.0 Å². The number of carbonyl (C=O) groups excluding carboxylic acids is 1. The second-order valence-electron chi connectivity index (χ2n) is 10.8. The van der Waals surface area contributed by atoms with Gasteiger partial charge >= 0.3 is 13.8 Å². The molecule has 1 aromatic carbocycles. The van der Waals surface area contributed by atoms with Gasteiger partial charge in [0.05, 0.1) is 47.6 Å². The lowest BCUT2D eigenvalue weighted by Crippen LogP contribution is -2.32. The molecule has 5 rings (SSSR count). The van der Waals surface area contributed by atoms with Crippen molar-refractivity contribution in [3.8, 4) is 17.1 Å². The summed E-state index contributed by atoms with van der Waals surface area (Å²) >= 11 is 0. The predicted octanol–water partition coefficient (Wildman–Crippen LogP) is 5.37. The Kier molecular flexibility index (Phi) is 7.42. The fourth-order valence-electron chi connectivity index (χ4n) is 5.51. The average molecular weight is 571 g/mol. The Balaban J connectivity index is 1.63. The zero-order chi connectivity index (χ0) is 29.0. The summed E-state index contributed by atoms with van der Waals surface area (Å²) in [5, 5.41) is 12.2. The minimum absolute atomic E-state index is 0.181. The normalized spacial score (nSPS) is 18.5. The van der Waals surface area contributed by atoms with Crippen molar-refractivity contribution >= 4 is 24.7 Å². The molecule has 3 aromatic rings. The third kappa shape index (κ3) is 4.98. The van der Waals surface area contributed by atoms with Crippen molar-refractivity contribution in [3.63, 3.8) is 0 Å². The van der Waals surface area contributed by atoms with E-state index in [1.165, 1.54) is 0 Å². The van der Waals surface area contributed by atoms with E-state index in [2.05, 4.69) is 0 Å². The van der Waals surface area contributed by atoms with Crippen LogP contribution in [0.25, 0.3) is 22.3 Å². The first-order valence-electron chi connectivity index (χ1n) is 13.7. The molecule has 0 saturated heterocycles. The fourth-order valence-corrected chi connectivity index (χ4v) is 7.05. The number of hydrogen-bond acceptors (Lipinski definition) is 9. The van der Waals surface area contributed by atoms with Gasteiger partial charge in [0.2, 0.25) is 0 Å². The quantitative estimate of drug-likeness (QED) is 0.220. The molecule has 10 nitrogen and oxygen atoms in total. The van der Waals surface area contributed by atoms with Crippen LogP contribution in [0.1, 0.15) is 76.6 Å². The fraction of sp³-hybridized carbons (Fsp3) is 0.483. The molecule has 0 radical (unpaired) electrons. The maximum atomic E-state index is 13.7. The summed E-state index contributed by atoms with van der Waals surface area (Å²) in [6, 6.07) is 7.00. The Morgan fingerprint density at radius 2 is 1.80 bits per heavy atom. The number of phosphoric acid groups is 1. The van der Waals surface area contributed by atoms with Gasteiger partial charge in [-0.2, -0.15) is 0 Å². The highest BCUT2D eigenvalue weighted by molar-refractivity contribution is 7.49. The molecule has 0 saturated carbocycles. The number of esters is 1. The van der Waals surface area contributed by atoms with E-state index in [4.69, 9.17) is 23.3 Å². The Morgan fingerprint density at radius 3 is 2.42 bits per heavy atom. The minimum atomic E-state index is -3.89. The molecule has 2 aliphatic rings. The summed E-state index contributed by atoms with van der Waals surface area (Å²) in [4.78, 5) is 30.8. The van der Waals surface area contributed by atoms with Gasteiger partial charge in [-0.3, -0.25) is 18.6 Å². The average Bonchev–Trinajstić information content (AvgIpc) is 3.17. The van der Waals surface area contributed by atoms with Crippen LogP contribution in [0.4, 0.5) is 0 Å². The molecule has 0 bridgehead atoms. The molecule has 0 aliphatic carbocycles. The summed E-state index contributed by atoms with van der Waals surface area (Å²) < 4.78 is 37.1. The zero-order valence-electron chi connectivity index (χ0n) is 23.6.